The zero-order chi connectivity index (χ0) is 28.8. The van der Waals surface area contributed by atoms with E-state index in [0.717, 1.165) is 49.4 Å². The van der Waals surface area contributed by atoms with Crippen LogP contribution in [0.4, 0.5) is 5.69 Å². The quantitative estimate of drug-likeness (QED) is 0.324. The number of allylic oxidation sites excluding steroid dienone is 3. The predicted octanol–water partition coefficient (Wildman–Crippen LogP) is 7.89. The maximum Gasteiger partial charge on any atom is 0.162 e. The summed E-state index contributed by atoms with van der Waals surface area (Å²) in [6.45, 7) is 10.7. The molecule has 1 heterocycles. The molecule has 0 spiro atoms. The summed E-state index contributed by atoms with van der Waals surface area (Å²) in [6, 6.07) is 22.4. The Hall–Kier alpha value is -3.82. The number of carbonyl (C=O) groups excluding carboxylic acids is 1. The number of ketones is 1. The molecule has 0 aromatic heterocycles. The van der Waals surface area contributed by atoms with Crippen molar-refractivity contribution in [3.05, 3.63) is 116 Å². The molecular formula is C34H34BrN3O2. The van der Waals surface area contributed by atoms with Crippen LogP contribution in [0.25, 0.3) is 0 Å². The van der Waals surface area contributed by atoms with E-state index in [-0.39, 0.29) is 11.2 Å². The van der Waals surface area contributed by atoms with Crippen LogP contribution >= 0.6 is 15.9 Å². The minimum atomic E-state index is -0.535. The molecule has 3 aromatic rings. The van der Waals surface area contributed by atoms with Crippen LogP contribution in [0.15, 0.2) is 87.8 Å². The second-order valence-electron chi connectivity index (χ2n) is 11.6. The molecule has 1 atom stereocenters. The number of Topliss-reactive ketones (excluding diaryl/α,β-unsaturated/α-hetero) is 1. The van der Waals surface area contributed by atoms with E-state index in [1.54, 1.807) is 0 Å². The van der Waals surface area contributed by atoms with Crippen LogP contribution in [0.5, 0.6) is 5.75 Å². The third-order valence-electron chi connectivity index (χ3n) is 7.99. The maximum absolute atomic E-state index is 14.0. The first-order chi connectivity index (χ1) is 19.0. The van der Waals surface area contributed by atoms with Gasteiger partial charge in [0, 0.05) is 17.7 Å². The topological polar surface area (TPSA) is 79.4 Å². The molecule has 2 aliphatic rings. The first-order valence-corrected chi connectivity index (χ1v) is 14.3. The Kier molecular flexibility index (Phi) is 7.37. The van der Waals surface area contributed by atoms with Gasteiger partial charge in [0.15, 0.2) is 5.78 Å². The number of nitriles is 1. The highest BCUT2D eigenvalue weighted by Gasteiger charge is 2.45. The van der Waals surface area contributed by atoms with Crippen molar-refractivity contribution in [2.75, 3.05) is 4.90 Å². The van der Waals surface area contributed by atoms with Crippen LogP contribution in [0, 0.1) is 37.5 Å². The Balaban J connectivity index is 1.68. The van der Waals surface area contributed by atoms with Crippen LogP contribution in [-0.2, 0) is 11.4 Å². The number of rotatable bonds is 5. The van der Waals surface area contributed by atoms with Gasteiger partial charge in [-0.15, -0.1) is 0 Å². The molecule has 1 aliphatic heterocycles. The highest BCUT2D eigenvalue weighted by Crippen LogP contribution is 2.51. The maximum atomic E-state index is 14.0. The first kappa shape index (κ1) is 27.7. The van der Waals surface area contributed by atoms with Crippen molar-refractivity contribution in [2.24, 2.45) is 11.1 Å². The highest BCUT2D eigenvalue weighted by atomic mass is 79.9. The molecular weight excluding hydrogens is 562 g/mol. The normalized spacial score (nSPS) is 18.5. The van der Waals surface area contributed by atoms with E-state index >= 15 is 0 Å². The number of halogens is 1. The largest absolute Gasteiger partial charge is 0.488 e. The van der Waals surface area contributed by atoms with Crippen molar-refractivity contribution < 1.29 is 9.53 Å². The fraction of sp³-hybridized carbons (Fsp3) is 0.294. The summed E-state index contributed by atoms with van der Waals surface area (Å²) in [5, 5.41) is 10.5. The molecule has 0 radical (unpaired) electrons. The van der Waals surface area contributed by atoms with Crippen molar-refractivity contribution >= 4 is 27.4 Å². The van der Waals surface area contributed by atoms with E-state index in [0.29, 0.717) is 36.4 Å². The van der Waals surface area contributed by atoms with Gasteiger partial charge in [-0.3, -0.25) is 9.69 Å². The first-order valence-electron chi connectivity index (χ1n) is 13.5. The van der Waals surface area contributed by atoms with Gasteiger partial charge in [0.25, 0.3) is 0 Å². The Labute approximate surface area is 245 Å². The molecule has 1 unspecified atom stereocenters. The number of para-hydroxylation sites is 2. The number of nitrogens with two attached hydrogens (primary N) is 1. The van der Waals surface area contributed by atoms with E-state index in [1.165, 1.54) is 0 Å². The van der Waals surface area contributed by atoms with Crippen LogP contribution in [0.2, 0.25) is 0 Å². The van der Waals surface area contributed by atoms with E-state index in [1.807, 2.05) is 67.3 Å². The molecule has 5 rings (SSSR count). The monoisotopic (exact) mass is 595 g/mol. The van der Waals surface area contributed by atoms with Gasteiger partial charge in [-0.25, -0.2) is 0 Å². The number of aryl methyl sites for hydroxylation is 3. The summed E-state index contributed by atoms with van der Waals surface area (Å²) in [7, 11) is 0. The van der Waals surface area contributed by atoms with E-state index in [2.05, 4.69) is 54.9 Å². The number of benzene rings is 3. The van der Waals surface area contributed by atoms with Crippen molar-refractivity contribution in [1.82, 2.24) is 0 Å². The number of hydrogen-bond donors (Lipinski definition) is 1. The summed E-state index contributed by atoms with van der Waals surface area (Å²) in [5.74, 6) is 0.678. The number of anilines is 1. The summed E-state index contributed by atoms with van der Waals surface area (Å²) in [4.78, 5) is 15.9. The fourth-order valence-corrected chi connectivity index (χ4v) is 6.41. The molecule has 0 amide bonds. The SMILES string of the molecule is Cc1cc(C)c(C2C(C#N)=C(N)N(c3ccccc3C)C3=C2C(=O)CC(C)(C)C3)cc1COc1ccccc1Br. The van der Waals surface area contributed by atoms with Crippen molar-refractivity contribution in [1.29, 1.82) is 5.26 Å². The summed E-state index contributed by atoms with van der Waals surface area (Å²) in [5.41, 5.74) is 14.6. The zero-order valence-corrected chi connectivity index (χ0v) is 25.2. The van der Waals surface area contributed by atoms with E-state index in [4.69, 9.17) is 10.5 Å². The second-order valence-corrected chi connectivity index (χ2v) is 12.5. The lowest BCUT2D eigenvalue weighted by atomic mass is 9.68. The Bertz CT molecular complexity index is 1630. The summed E-state index contributed by atoms with van der Waals surface area (Å²) < 4.78 is 7.05. The molecule has 3 aromatic carbocycles. The predicted molar refractivity (Wildman–Crippen MR) is 163 cm³/mol. The van der Waals surface area contributed by atoms with Crippen LogP contribution in [-0.4, -0.2) is 5.78 Å². The molecule has 2 N–H and O–H groups in total. The minimum Gasteiger partial charge on any atom is -0.488 e. The van der Waals surface area contributed by atoms with Gasteiger partial charge < -0.3 is 10.5 Å². The van der Waals surface area contributed by atoms with Crippen molar-refractivity contribution in [3.8, 4) is 11.8 Å². The lowest BCUT2D eigenvalue weighted by Crippen LogP contribution is -2.42. The molecule has 40 heavy (non-hydrogen) atoms. The van der Waals surface area contributed by atoms with Gasteiger partial charge in [-0.1, -0.05) is 56.3 Å². The molecule has 0 saturated heterocycles. The molecule has 0 saturated carbocycles. The standard InChI is InChI=1S/C34H34BrN3O2/c1-20-10-6-8-12-27(20)38-28-16-34(4,5)17-29(39)32(28)31(25(18-36)33(38)37)24-15-23(21(2)14-22(24)3)19-40-30-13-9-7-11-26(30)35/h6-15,31H,16-17,19,37H2,1-5H3. The summed E-state index contributed by atoms with van der Waals surface area (Å²) in [6.07, 6.45) is 1.10. The highest BCUT2D eigenvalue weighted by molar-refractivity contribution is 9.10. The third kappa shape index (κ3) is 4.95. The van der Waals surface area contributed by atoms with Gasteiger partial charge in [0.2, 0.25) is 0 Å². The number of hydrogen-bond acceptors (Lipinski definition) is 5. The second kappa shape index (κ2) is 10.6. The minimum absolute atomic E-state index is 0.0704. The van der Waals surface area contributed by atoms with Gasteiger partial charge in [-0.05, 0) is 94.6 Å². The third-order valence-corrected chi connectivity index (χ3v) is 8.65. The van der Waals surface area contributed by atoms with Crippen molar-refractivity contribution in [2.45, 2.75) is 60.0 Å². The lowest BCUT2D eigenvalue weighted by molar-refractivity contribution is -0.118. The molecule has 204 valence electrons. The van der Waals surface area contributed by atoms with Gasteiger partial charge in [-0.2, -0.15) is 5.26 Å². The van der Waals surface area contributed by atoms with Crippen LogP contribution in [0.1, 0.15) is 60.4 Å². The number of carbonyl (C=O) groups is 1. The molecule has 1 aliphatic carbocycles. The molecule has 6 heteroatoms. The van der Waals surface area contributed by atoms with Crippen LogP contribution in [0.3, 0.4) is 0 Å². The molecule has 0 bridgehead atoms. The Morgan fingerprint density at radius 3 is 2.42 bits per heavy atom. The van der Waals surface area contributed by atoms with E-state index < -0.39 is 5.92 Å². The zero-order valence-electron chi connectivity index (χ0n) is 23.6. The van der Waals surface area contributed by atoms with E-state index in [9.17, 15) is 10.1 Å². The molecule has 5 nitrogen and oxygen atoms in total. The van der Waals surface area contributed by atoms with Crippen LogP contribution < -0.4 is 15.4 Å². The Morgan fingerprint density at radius 1 is 1.02 bits per heavy atom. The Morgan fingerprint density at radius 2 is 1.73 bits per heavy atom. The summed E-state index contributed by atoms with van der Waals surface area (Å²) >= 11 is 3.56. The van der Waals surface area contributed by atoms with Gasteiger partial charge in [0.1, 0.15) is 18.2 Å². The van der Waals surface area contributed by atoms with Crippen molar-refractivity contribution in [3.63, 3.8) is 0 Å². The average molecular weight is 597 g/mol. The molecule has 0 fully saturated rings. The number of ether oxygens (including phenoxy) is 1. The van der Waals surface area contributed by atoms with Gasteiger partial charge in [0.05, 0.1) is 27.7 Å². The lowest BCUT2D eigenvalue weighted by Gasteiger charge is -2.44. The average Bonchev–Trinajstić information content (AvgIpc) is 2.89. The smallest absolute Gasteiger partial charge is 0.162 e. The van der Waals surface area contributed by atoms with Gasteiger partial charge >= 0.3 is 0 Å². The number of nitrogens with zero attached hydrogens (tertiary/aromatic N) is 2. The fourth-order valence-electron chi connectivity index (χ4n) is 6.01.